The van der Waals surface area contributed by atoms with Crippen LogP contribution in [0.1, 0.15) is 23.2 Å². The molecule has 1 saturated carbocycles. The van der Waals surface area contributed by atoms with Crippen LogP contribution in [0.2, 0.25) is 0 Å². The Balaban J connectivity index is 1.37. The first-order valence-corrected chi connectivity index (χ1v) is 8.99. The quantitative estimate of drug-likeness (QED) is 0.875. The average molecular weight is 344 g/mol. The van der Waals surface area contributed by atoms with Gasteiger partial charge in [0.25, 0.3) is 5.91 Å². The fourth-order valence-corrected chi connectivity index (χ4v) is 4.21. The third-order valence-corrected chi connectivity index (χ3v) is 5.70. The summed E-state index contributed by atoms with van der Waals surface area (Å²) >= 11 is 1.44. The molecular weight excluding hydrogens is 324 g/mol. The zero-order valence-corrected chi connectivity index (χ0v) is 14.3. The fourth-order valence-electron chi connectivity index (χ4n) is 3.52. The van der Waals surface area contributed by atoms with Crippen molar-refractivity contribution in [2.75, 3.05) is 13.7 Å². The maximum atomic E-state index is 12.4. The van der Waals surface area contributed by atoms with E-state index in [9.17, 15) is 4.79 Å². The highest BCUT2D eigenvalue weighted by atomic mass is 32.1. The lowest BCUT2D eigenvalue weighted by Gasteiger charge is -2.23. The topological polar surface area (TPSA) is 59.6 Å². The van der Waals surface area contributed by atoms with Gasteiger partial charge in [-0.3, -0.25) is 4.79 Å². The summed E-state index contributed by atoms with van der Waals surface area (Å²) in [6.45, 7) is 1.02. The Hall–Kier alpha value is -2.05. The zero-order chi connectivity index (χ0) is 16.5. The van der Waals surface area contributed by atoms with Crippen molar-refractivity contribution in [3.05, 3.63) is 42.0 Å². The van der Waals surface area contributed by atoms with E-state index in [-0.39, 0.29) is 5.91 Å². The number of piperidine rings is 1. The maximum absolute atomic E-state index is 12.4. The highest BCUT2D eigenvalue weighted by molar-refractivity contribution is 7.15. The van der Waals surface area contributed by atoms with Crippen LogP contribution in [0.25, 0.3) is 0 Å². The molecular formula is C18H20N2O3S. The number of benzene rings is 1. The summed E-state index contributed by atoms with van der Waals surface area (Å²) in [6, 6.07) is 11.9. The molecule has 126 valence electrons. The van der Waals surface area contributed by atoms with Crippen LogP contribution in [0, 0.1) is 5.92 Å². The maximum Gasteiger partial charge on any atom is 0.251 e. The summed E-state index contributed by atoms with van der Waals surface area (Å²) in [5.74, 6) is 1.28. The summed E-state index contributed by atoms with van der Waals surface area (Å²) in [5.41, 5.74) is 0.668. The molecule has 5 nitrogen and oxygen atoms in total. The third-order valence-electron chi connectivity index (χ3n) is 4.77. The van der Waals surface area contributed by atoms with E-state index >= 15 is 0 Å². The number of ether oxygens (including phenoxy) is 2. The average Bonchev–Trinajstić information content (AvgIpc) is 3.32. The van der Waals surface area contributed by atoms with E-state index < -0.39 is 0 Å². The Morgan fingerprint density at radius 3 is 2.58 bits per heavy atom. The van der Waals surface area contributed by atoms with E-state index in [0.717, 1.165) is 23.1 Å². The van der Waals surface area contributed by atoms with Gasteiger partial charge in [0.2, 0.25) is 0 Å². The molecule has 24 heavy (non-hydrogen) atoms. The van der Waals surface area contributed by atoms with E-state index in [2.05, 4.69) is 10.6 Å². The van der Waals surface area contributed by atoms with Crippen molar-refractivity contribution in [3.63, 3.8) is 0 Å². The van der Waals surface area contributed by atoms with Crippen LogP contribution < -0.4 is 20.1 Å². The standard InChI is InChI=1S/C18H20N2O3S/c1-22-16-6-7-17(24-16)23-14-4-2-11(3-5-14)18(21)20-15-9-13-8-12(15)10-19-13/h2-7,12-13,15,19H,8-10H2,1H3,(H,20,21). The molecule has 1 aliphatic carbocycles. The monoisotopic (exact) mass is 344 g/mol. The Morgan fingerprint density at radius 2 is 1.96 bits per heavy atom. The number of carbonyl (C=O) groups excluding carboxylic acids is 1. The van der Waals surface area contributed by atoms with Gasteiger partial charge in [-0.15, -0.1) is 0 Å². The van der Waals surface area contributed by atoms with Gasteiger partial charge in [0.05, 0.1) is 7.11 Å². The molecule has 3 atom stereocenters. The highest BCUT2D eigenvalue weighted by Gasteiger charge is 2.40. The number of methoxy groups -OCH3 is 1. The van der Waals surface area contributed by atoms with Gasteiger partial charge in [-0.1, -0.05) is 11.3 Å². The lowest BCUT2D eigenvalue weighted by atomic mass is 10.0. The second-order valence-electron chi connectivity index (χ2n) is 6.32. The minimum atomic E-state index is -0.00288. The smallest absolute Gasteiger partial charge is 0.251 e. The van der Waals surface area contributed by atoms with Crippen LogP contribution in [-0.2, 0) is 0 Å². The molecule has 2 N–H and O–H groups in total. The van der Waals surface area contributed by atoms with Gasteiger partial charge >= 0.3 is 0 Å². The molecule has 2 aliphatic rings. The van der Waals surface area contributed by atoms with E-state index in [1.54, 1.807) is 19.2 Å². The lowest BCUT2D eigenvalue weighted by molar-refractivity contribution is 0.0925. The van der Waals surface area contributed by atoms with Crippen LogP contribution in [0.4, 0.5) is 0 Å². The minimum Gasteiger partial charge on any atom is -0.487 e. The van der Waals surface area contributed by atoms with Crippen molar-refractivity contribution in [3.8, 4) is 15.9 Å². The number of carbonyl (C=O) groups is 1. The first-order valence-electron chi connectivity index (χ1n) is 8.17. The second kappa shape index (κ2) is 6.45. The first kappa shape index (κ1) is 15.5. The molecule has 1 aliphatic heterocycles. The Labute approximate surface area is 145 Å². The van der Waals surface area contributed by atoms with Gasteiger partial charge in [-0.05, 0) is 55.2 Å². The first-order chi connectivity index (χ1) is 11.7. The fraction of sp³-hybridized carbons (Fsp3) is 0.389. The van der Waals surface area contributed by atoms with Crippen molar-refractivity contribution in [1.29, 1.82) is 0 Å². The van der Waals surface area contributed by atoms with Crippen LogP contribution in [0.15, 0.2) is 36.4 Å². The molecule has 2 bridgehead atoms. The van der Waals surface area contributed by atoms with Crippen molar-refractivity contribution >= 4 is 17.2 Å². The van der Waals surface area contributed by atoms with Crippen molar-refractivity contribution < 1.29 is 14.3 Å². The number of fused-ring (bicyclic) bond motifs is 2. The number of rotatable bonds is 5. The van der Waals surface area contributed by atoms with Crippen LogP contribution in [-0.4, -0.2) is 31.6 Å². The van der Waals surface area contributed by atoms with Gasteiger partial charge in [0, 0.05) is 24.2 Å². The third kappa shape index (κ3) is 3.12. The predicted octanol–water partition coefficient (Wildman–Crippen LogP) is 3.03. The number of hydrogen-bond donors (Lipinski definition) is 2. The molecule has 3 unspecified atom stereocenters. The Kier molecular flexibility index (Phi) is 4.16. The highest BCUT2D eigenvalue weighted by Crippen LogP contribution is 2.34. The van der Waals surface area contributed by atoms with Crippen molar-refractivity contribution in [2.24, 2.45) is 5.92 Å². The van der Waals surface area contributed by atoms with Gasteiger partial charge in [0.15, 0.2) is 10.1 Å². The van der Waals surface area contributed by atoms with E-state index in [4.69, 9.17) is 9.47 Å². The van der Waals surface area contributed by atoms with Crippen LogP contribution in [0.5, 0.6) is 15.9 Å². The molecule has 1 aromatic heterocycles. The molecule has 4 rings (SSSR count). The summed E-state index contributed by atoms with van der Waals surface area (Å²) < 4.78 is 10.9. The van der Waals surface area contributed by atoms with Gasteiger partial charge in [0.1, 0.15) is 5.75 Å². The minimum absolute atomic E-state index is 0.00288. The van der Waals surface area contributed by atoms with Crippen LogP contribution >= 0.6 is 11.3 Å². The Bertz CT molecular complexity index is 728. The molecule has 0 spiro atoms. The zero-order valence-electron chi connectivity index (χ0n) is 13.5. The summed E-state index contributed by atoms with van der Waals surface area (Å²) in [6.07, 6.45) is 2.22. The van der Waals surface area contributed by atoms with Crippen molar-refractivity contribution in [1.82, 2.24) is 10.6 Å². The van der Waals surface area contributed by atoms with E-state index in [1.165, 1.54) is 17.8 Å². The second-order valence-corrected chi connectivity index (χ2v) is 7.33. The normalized spacial score (nSPS) is 24.8. The predicted molar refractivity (Wildman–Crippen MR) is 93.2 cm³/mol. The molecule has 0 radical (unpaired) electrons. The van der Waals surface area contributed by atoms with Crippen LogP contribution in [0.3, 0.4) is 0 Å². The lowest BCUT2D eigenvalue weighted by Crippen LogP contribution is -2.44. The summed E-state index contributed by atoms with van der Waals surface area (Å²) in [7, 11) is 1.63. The summed E-state index contributed by atoms with van der Waals surface area (Å²) in [5, 5.41) is 8.20. The van der Waals surface area contributed by atoms with Gasteiger partial charge in [-0.2, -0.15) is 0 Å². The molecule has 6 heteroatoms. The molecule has 1 amide bonds. The number of amides is 1. The van der Waals surface area contributed by atoms with E-state index in [0.29, 0.717) is 29.3 Å². The Morgan fingerprint density at radius 1 is 1.17 bits per heavy atom. The molecule has 2 fully saturated rings. The number of thiophene rings is 1. The molecule has 1 saturated heterocycles. The largest absolute Gasteiger partial charge is 0.487 e. The number of hydrogen-bond acceptors (Lipinski definition) is 5. The van der Waals surface area contributed by atoms with Gasteiger partial charge in [-0.25, -0.2) is 0 Å². The molecule has 2 heterocycles. The van der Waals surface area contributed by atoms with Crippen molar-refractivity contribution in [2.45, 2.75) is 24.9 Å². The SMILES string of the molecule is COc1ccc(Oc2ccc(C(=O)NC3CC4CC3CN4)cc2)s1. The molecule has 2 aromatic rings. The molecule has 1 aromatic carbocycles. The number of nitrogens with one attached hydrogen (secondary N) is 2. The van der Waals surface area contributed by atoms with Gasteiger partial charge < -0.3 is 20.1 Å². The van der Waals surface area contributed by atoms with E-state index in [1.807, 2.05) is 24.3 Å². The summed E-state index contributed by atoms with van der Waals surface area (Å²) in [4.78, 5) is 12.4.